The van der Waals surface area contributed by atoms with Gasteiger partial charge in [-0.1, -0.05) is 0 Å². The summed E-state index contributed by atoms with van der Waals surface area (Å²) in [5.41, 5.74) is -1.67. The zero-order valence-electron chi connectivity index (χ0n) is 9.87. The number of hydrogen-bond acceptors (Lipinski definition) is 3. The molecule has 0 radical (unpaired) electrons. The molecule has 1 spiro atoms. The number of halogens is 3. The number of benzene rings is 1. The van der Waals surface area contributed by atoms with Gasteiger partial charge in [0, 0.05) is 6.07 Å². The van der Waals surface area contributed by atoms with Gasteiger partial charge in [0.05, 0.1) is 10.2 Å². The van der Waals surface area contributed by atoms with Crippen LogP contribution in [0.25, 0.3) is 0 Å². The average molecular weight is 345 g/mol. The summed E-state index contributed by atoms with van der Waals surface area (Å²) < 4.78 is 26.9. The van der Waals surface area contributed by atoms with Crippen LogP contribution < -0.4 is 10.2 Å². The minimum atomic E-state index is -1.28. The standard InChI is InChI=1S/C12H7BrF2N2O3/c13-5-3-8(7(15)4-6(5)14)17-10(19)12(1-2-12)9(18)16-11(17)20/h3-4H,1-2H2,(H,16,18,20). The van der Waals surface area contributed by atoms with Crippen LogP contribution in [0.1, 0.15) is 12.8 Å². The maximum absolute atomic E-state index is 13.8. The minimum Gasteiger partial charge on any atom is -0.276 e. The number of anilines is 1. The van der Waals surface area contributed by atoms with Crippen molar-refractivity contribution in [1.82, 2.24) is 5.32 Å². The number of amides is 4. The molecular formula is C12H7BrF2N2O3. The monoisotopic (exact) mass is 344 g/mol. The number of imide groups is 2. The third-order valence-corrected chi connectivity index (χ3v) is 4.06. The van der Waals surface area contributed by atoms with E-state index in [2.05, 4.69) is 15.9 Å². The highest BCUT2D eigenvalue weighted by Crippen LogP contribution is 2.50. The van der Waals surface area contributed by atoms with Gasteiger partial charge in [0.15, 0.2) is 0 Å². The summed E-state index contributed by atoms with van der Waals surface area (Å²) in [6.45, 7) is 0. The van der Waals surface area contributed by atoms with Crippen molar-refractivity contribution in [3.05, 3.63) is 28.2 Å². The van der Waals surface area contributed by atoms with Crippen molar-refractivity contribution >= 4 is 39.5 Å². The smallest absolute Gasteiger partial charge is 0.276 e. The van der Waals surface area contributed by atoms with Crippen molar-refractivity contribution in [3.8, 4) is 0 Å². The highest BCUT2D eigenvalue weighted by molar-refractivity contribution is 9.10. The van der Waals surface area contributed by atoms with Crippen LogP contribution in [-0.4, -0.2) is 17.8 Å². The number of nitrogens with zero attached hydrogens (tertiary/aromatic N) is 1. The number of urea groups is 1. The predicted octanol–water partition coefficient (Wildman–Crippen LogP) is 2.09. The Kier molecular flexibility index (Phi) is 2.69. The maximum atomic E-state index is 13.8. The van der Waals surface area contributed by atoms with Crippen molar-refractivity contribution in [2.45, 2.75) is 12.8 Å². The van der Waals surface area contributed by atoms with Gasteiger partial charge in [-0.3, -0.25) is 14.9 Å². The Morgan fingerprint density at radius 2 is 1.80 bits per heavy atom. The Morgan fingerprint density at radius 3 is 2.40 bits per heavy atom. The Labute approximate surface area is 120 Å². The molecule has 1 heterocycles. The summed E-state index contributed by atoms with van der Waals surface area (Å²) in [6, 6.07) is 0.527. The molecule has 2 aliphatic rings. The minimum absolute atomic E-state index is 0.0868. The largest absolute Gasteiger partial charge is 0.335 e. The molecule has 2 fully saturated rings. The molecule has 20 heavy (non-hydrogen) atoms. The van der Waals surface area contributed by atoms with Crippen molar-refractivity contribution in [2.75, 3.05) is 4.90 Å². The number of barbiturate groups is 1. The van der Waals surface area contributed by atoms with E-state index in [-0.39, 0.29) is 10.2 Å². The summed E-state index contributed by atoms with van der Waals surface area (Å²) in [5, 5.41) is 2.02. The topological polar surface area (TPSA) is 66.5 Å². The third kappa shape index (κ3) is 1.67. The van der Waals surface area contributed by atoms with E-state index in [0.29, 0.717) is 23.8 Å². The van der Waals surface area contributed by atoms with Crippen molar-refractivity contribution < 1.29 is 23.2 Å². The molecule has 1 aliphatic carbocycles. The quantitative estimate of drug-likeness (QED) is 0.626. The first-order valence-corrected chi connectivity index (χ1v) is 6.50. The second-order valence-corrected chi connectivity index (χ2v) is 5.55. The zero-order chi connectivity index (χ0) is 14.7. The SMILES string of the molecule is O=C1NC(=O)C2(CC2)C(=O)N1c1cc(Br)c(F)cc1F. The Morgan fingerprint density at radius 1 is 1.15 bits per heavy atom. The lowest BCUT2D eigenvalue weighted by Crippen LogP contribution is -2.59. The molecule has 5 nitrogen and oxygen atoms in total. The molecule has 0 unspecified atom stereocenters. The summed E-state index contributed by atoms with van der Waals surface area (Å²) in [6.07, 6.45) is 0.622. The Balaban J connectivity index is 2.09. The second-order valence-electron chi connectivity index (χ2n) is 4.70. The summed E-state index contributed by atoms with van der Waals surface area (Å²) >= 11 is 2.86. The highest BCUT2D eigenvalue weighted by Gasteiger charge is 2.62. The summed E-state index contributed by atoms with van der Waals surface area (Å²) in [4.78, 5) is 36.2. The molecule has 1 N–H and O–H groups in total. The van der Waals surface area contributed by atoms with E-state index in [0.717, 1.165) is 6.07 Å². The van der Waals surface area contributed by atoms with Crippen LogP contribution in [-0.2, 0) is 9.59 Å². The van der Waals surface area contributed by atoms with E-state index in [4.69, 9.17) is 0 Å². The van der Waals surface area contributed by atoms with E-state index in [1.807, 2.05) is 5.32 Å². The molecule has 0 atom stereocenters. The van der Waals surface area contributed by atoms with Gasteiger partial charge >= 0.3 is 6.03 Å². The van der Waals surface area contributed by atoms with Crippen molar-refractivity contribution in [2.24, 2.45) is 5.41 Å². The van der Waals surface area contributed by atoms with Crippen LogP contribution in [0.5, 0.6) is 0 Å². The van der Waals surface area contributed by atoms with Crippen LogP contribution in [0.2, 0.25) is 0 Å². The molecule has 1 aromatic rings. The Hall–Kier alpha value is -1.83. The van der Waals surface area contributed by atoms with Crippen LogP contribution in [0.3, 0.4) is 0 Å². The summed E-state index contributed by atoms with van der Waals surface area (Å²) in [7, 11) is 0. The molecule has 1 aromatic carbocycles. The molecule has 3 rings (SSSR count). The number of carbonyl (C=O) groups is 3. The lowest BCUT2D eigenvalue weighted by atomic mass is 10.0. The van der Waals surface area contributed by atoms with Crippen LogP contribution in [0.15, 0.2) is 16.6 Å². The molecule has 0 aromatic heterocycles. The molecule has 0 bridgehead atoms. The van der Waals surface area contributed by atoms with Crippen LogP contribution >= 0.6 is 15.9 Å². The molecule has 104 valence electrons. The highest BCUT2D eigenvalue weighted by atomic mass is 79.9. The fourth-order valence-electron chi connectivity index (χ4n) is 2.14. The molecule has 1 saturated carbocycles. The number of nitrogens with one attached hydrogen (secondary N) is 1. The van der Waals surface area contributed by atoms with E-state index in [9.17, 15) is 23.2 Å². The molecular weight excluding hydrogens is 338 g/mol. The third-order valence-electron chi connectivity index (χ3n) is 3.45. The van der Waals surface area contributed by atoms with E-state index in [1.165, 1.54) is 0 Å². The lowest BCUT2D eigenvalue weighted by Gasteiger charge is -2.30. The summed E-state index contributed by atoms with van der Waals surface area (Å²) in [5.74, 6) is -3.35. The van der Waals surface area contributed by atoms with Gasteiger partial charge in [0.2, 0.25) is 5.91 Å². The van der Waals surface area contributed by atoms with Gasteiger partial charge < -0.3 is 0 Å². The lowest BCUT2D eigenvalue weighted by molar-refractivity contribution is -0.136. The molecule has 1 aliphatic heterocycles. The first-order valence-electron chi connectivity index (χ1n) is 5.71. The number of hydrogen-bond donors (Lipinski definition) is 1. The van der Waals surface area contributed by atoms with Crippen LogP contribution in [0.4, 0.5) is 19.3 Å². The van der Waals surface area contributed by atoms with Gasteiger partial charge in [0.25, 0.3) is 5.91 Å². The fraction of sp³-hybridized carbons (Fsp3) is 0.250. The predicted molar refractivity (Wildman–Crippen MR) is 66.7 cm³/mol. The first-order chi connectivity index (χ1) is 9.36. The molecule has 4 amide bonds. The number of carbonyl (C=O) groups excluding carboxylic acids is 3. The van der Waals surface area contributed by atoms with Gasteiger partial charge in [-0.05, 0) is 34.8 Å². The van der Waals surface area contributed by atoms with E-state index >= 15 is 0 Å². The van der Waals surface area contributed by atoms with E-state index < -0.39 is 34.9 Å². The van der Waals surface area contributed by atoms with Crippen molar-refractivity contribution in [3.63, 3.8) is 0 Å². The average Bonchev–Trinajstić information content (AvgIpc) is 3.15. The molecule has 8 heteroatoms. The Bertz CT molecular complexity index is 673. The van der Waals surface area contributed by atoms with Crippen molar-refractivity contribution in [1.29, 1.82) is 0 Å². The zero-order valence-corrected chi connectivity index (χ0v) is 11.5. The maximum Gasteiger partial charge on any atom is 0.335 e. The molecule has 1 saturated heterocycles. The van der Waals surface area contributed by atoms with Gasteiger partial charge in [-0.2, -0.15) is 0 Å². The van der Waals surface area contributed by atoms with E-state index in [1.54, 1.807) is 0 Å². The second kappa shape index (κ2) is 4.08. The van der Waals surface area contributed by atoms with Gasteiger partial charge in [-0.25, -0.2) is 18.5 Å². The number of rotatable bonds is 1. The normalized spacial score (nSPS) is 20.4. The van der Waals surface area contributed by atoms with Gasteiger partial charge in [0.1, 0.15) is 17.0 Å². The van der Waals surface area contributed by atoms with Gasteiger partial charge in [-0.15, -0.1) is 0 Å². The van der Waals surface area contributed by atoms with Crippen LogP contribution in [0, 0.1) is 17.0 Å². The first kappa shape index (κ1) is 13.2. The fourth-order valence-corrected chi connectivity index (χ4v) is 2.48.